The summed E-state index contributed by atoms with van der Waals surface area (Å²) in [5.41, 5.74) is 2.13. The van der Waals surface area contributed by atoms with Gasteiger partial charge in [0.25, 0.3) is 0 Å². The first-order chi connectivity index (χ1) is 14.7. The Kier molecular flexibility index (Phi) is 6.42. The summed E-state index contributed by atoms with van der Waals surface area (Å²) < 4.78 is 32.9. The second-order valence-electron chi connectivity index (χ2n) is 6.92. The molecular formula is C18H19ClN4O6S2. The number of halogens is 1. The number of hydrogen-bond acceptors (Lipinski definition) is 10. The smallest absolute Gasteiger partial charge is 0.333 e. The van der Waals surface area contributed by atoms with Crippen LogP contribution in [0.4, 0.5) is 5.82 Å². The van der Waals surface area contributed by atoms with Gasteiger partial charge in [-0.25, -0.2) is 15.1 Å². The van der Waals surface area contributed by atoms with Crippen molar-refractivity contribution in [1.29, 1.82) is 0 Å². The number of benzene rings is 1. The van der Waals surface area contributed by atoms with Crippen LogP contribution in [0.25, 0.3) is 10.2 Å². The first kappa shape index (κ1) is 22.3. The summed E-state index contributed by atoms with van der Waals surface area (Å²) in [5.74, 6) is 0.610. The van der Waals surface area contributed by atoms with Crippen LogP contribution in [0.15, 0.2) is 36.0 Å². The standard InChI is InChI=1S/C18H19ClN4O6S2/c19-10-3-1-9(2-4-10)5-21-18-17-13(22-8-23-18)11(7-30-17)16-15(25)14(24)12(29-16)6-28-31(20,26)27/h1-4,7-8,12,14-16,24-25H,5-6H2,(H2,20,26,27)(H,21,22,23). The molecule has 1 fully saturated rings. The molecule has 4 unspecified atom stereocenters. The minimum Gasteiger partial charge on any atom is -0.387 e. The molecule has 1 saturated heterocycles. The van der Waals surface area contributed by atoms with E-state index in [1.165, 1.54) is 17.7 Å². The second-order valence-corrected chi connectivity index (χ2v) is 9.46. The van der Waals surface area contributed by atoms with Crippen LogP contribution in [-0.2, 0) is 25.8 Å². The lowest BCUT2D eigenvalue weighted by molar-refractivity contribution is -0.0151. The van der Waals surface area contributed by atoms with Gasteiger partial charge in [0.15, 0.2) is 0 Å². The molecule has 4 rings (SSSR count). The number of nitrogens with zero attached hydrogens (tertiary/aromatic N) is 2. The average molecular weight is 487 g/mol. The van der Waals surface area contributed by atoms with Crippen molar-refractivity contribution in [2.45, 2.75) is 31.0 Å². The lowest BCUT2D eigenvalue weighted by atomic mass is 10.0. The Morgan fingerprint density at radius 2 is 1.97 bits per heavy atom. The number of hydrogen-bond donors (Lipinski definition) is 4. The van der Waals surface area contributed by atoms with Crippen LogP contribution in [0.5, 0.6) is 0 Å². The van der Waals surface area contributed by atoms with Crippen LogP contribution in [0.1, 0.15) is 17.2 Å². The van der Waals surface area contributed by atoms with Gasteiger partial charge < -0.3 is 20.3 Å². The highest BCUT2D eigenvalue weighted by molar-refractivity contribution is 7.84. The van der Waals surface area contributed by atoms with Crippen molar-refractivity contribution in [1.82, 2.24) is 9.97 Å². The molecule has 10 nitrogen and oxygen atoms in total. The fraction of sp³-hybridized carbons (Fsp3) is 0.333. The van der Waals surface area contributed by atoms with Gasteiger partial charge in [0.05, 0.1) is 16.8 Å². The Morgan fingerprint density at radius 3 is 2.68 bits per heavy atom. The molecule has 0 bridgehead atoms. The van der Waals surface area contributed by atoms with Gasteiger partial charge in [-0.2, -0.15) is 8.42 Å². The third-order valence-electron chi connectivity index (χ3n) is 4.82. The van der Waals surface area contributed by atoms with Crippen LogP contribution < -0.4 is 10.5 Å². The minimum absolute atomic E-state index is 0.515. The Balaban J connectivity index is 1.54. The molecule has 0 amide bonds. The molecule has 5 N–H and O–H groups in total. The van der Waals surface area contributed by atoms with Crippen molar-refractivity contribution in [2.24, 2.45) is 5.14 Å². The van der Waals surface area contributed by atoms with E-state index in [0.29, 0.717) is 28.5 Å². The number of fused-ring (bicyclic) bond motifs is 1. The van der Waals surface area contributed by atoms with Crippen molar-refractivity contribution in [3.05, 3.63) is 52.1 Å². The summed E-state index contributed by atoms with van der Waals surface area (Å²) in [7, 11) is -4.20. The highest BCUT2D eigenvalue weighted by Crippen LogP contribution is 2.40. The number of anilines is 1. The molecule has 3 aromatic rings. The summed E-state index contributed by atoms with van der Waals surface area (Å²) in [6.45, 7) is 0.00324. The van der Waals surface area contributed by atoms with E-state index in [2.05, 4.69) is 19.5 Å². The first-order valence-corrected chi connectivity index (χ1v) is 11.8. The molecule has 166 valence electrons. The first-order valence-electron chi connectivity index (χ1n) is 9.12. The summed E-state index contributed by atoms with van der Waals surface area (Å²) in [6, 6.07) is 7.41. The molecule has 0 spiro atoms. The topological polar surface area (TPSA) is 157 Å². The predicted molar refractivity (Wildman–Crippen MR) is 115 cm³/mol. The molecule has 3 heterocycles. The normalized spacial score (nSPS) is 24.0. The van der Waals surface area contributed by atoms with Gasteiger partial charge in [-0.05, 0) is 23.1 Å². The number of aromatic nitrogens is 2. The lowest BCUT2D eigenvalue weighted by Crippen LogP contribution is -2.34. The molecule has 0 saturated carbocycles. The zero-order chi connectivity index (χ0) is 22.2. The molecule has 1 aliphatic heterocycles. The van der Waals surface area contributed by atoms with E-state index < -0.39 is 41.3 Å². The molecule has 13 heteroatoms. The van der Waals surface area contributed by atoms with Gasteiger partial charge in [0.1, 0.15) is 36.6 Å². The number of aliphatic hydroxyl groups excluding tert-OH is 2. The lowest BCUT2D eigenvalue weighted by Gasteiger charge is -2.14. The monoisotopic (exact) mass is 486 g/mol. The number of nitrogens with one attached hydrogen (secondary N) is 1. The van der Waals surface area contributed by atoms with E-state index in [4.69, 9.17) is 21.5 Å². The van der Waals surface area contributed by atoms with Crippen molar-refractivity contribution < 1.29 is 27.6 Å². The SMILES string of the molecule is NS(=O)(=O)OCC1OC(c2csc3c(NCc4ccc(Cl)cc4)ncnc23)C(O)C1O. The van der Waals surface area contributed by atoms with E-state index in [1.807, 2.05) is 12.1 Å². The molecule has 4 atom stereocenters. The number of rotatable bonds is 7. The zero-order valence-electron chi connectivity index (χ0n) is 15.9. The van der Waals surface area contributed by atoms with E-state index in [1.54, 1.807) is 17.5 Å². The van der Waals surface area contributed by atoms with Crippen molar-refractivity contribution in [3.63, 3.8) is 0 Å². The van der Waals surface area contributed by atoms with E-state index in [-0.39, 0.29) is 0 Å². The van der Waals surface area contributed by atoms with Gasteiger partial charge in [-0.15, -0.1) is 11.3 Å². The Hall–Kier alpha value is -1.90. The minimum atomic E-state index is -4.20. The van der Waals surface area contributed by atoms with Gasteiger partial charge in [0, 0.05) is 17.1 Å². The van der Waals surface area contributed by atoms with Crippen LogP contribution in [0.3, 0.4) is 0 Å². The van der Waals surface area contributed by atoms with Crippen LogP contribution >= 0.6 is 22.9 Å². The molecule has 1 aliphatic rings. The fourth-order valence-corrected chi connectivity index (χ4v) is 4.75. The molecular weight excluding hydrogens is 468 g/mol. The van der Waals surface area contributed by atoms with E-state index >= 15 is 0 Å². The maximum absolute atomic E-state index is 11.0. The average Bonchev–Trinajstić information content (AvgIpc) is 3.27. The third-order valence-corrected chi connectivity index (χ3v) is 6.53. The van der Waals surface area contributed by atoms with Crippen LogP contribution in [-0.4, -0.2) is 53.5 Å². The van der Waals surface area contributed by atoms with Gasteiger partial charge in [-0.3, -0.25) is 4.18 Å². The van der Waals surface area contributed by atoms with Gasteiger partial charge in [-0.1, -0.05) is 23.7 Å². The summed E-state index contributed by atoms with van der Waals surface area (Å²) in [5, 5.41) is 31.2. The van der Waals surface area contributed by atoms with E-state index in [9.17, 15) is 18.6 Å². The van der Waals surface area contributed by atoms with Crippen LogP contribution in [0, 0.1) is 0 Å². The molecule has 1 aromatic carbocycles. The zero-order valence-corrected chi connectivity index (χ0v) is 18.3. The predicted octanol–water partition coefficient (Wildman–Crippen LogP) is 1.34. The van der Waals surface area contributed by atoms with Crippen molar-refractivity contribution in [2.75, 3.05) is 11.9 Å². The Labute approximate surface area is 186 Å². The molecule has 31 heavy (non-hydrogen) atoms. The van der Waals surface area contributed by atoms with Crippen LogP contribution in [0.2, 0.25) is 5.02 Å². The number of aliphatic hydroxyl groups is 2. The highest BCUT2D eigenvalue weighted by atomic mass is 35.5. The van der Waals surface area contributed by atoms with Crippen molar-refractivity contribution in [3.8, 4) is 0 Å². The molecule has 2 aromatic heterocycles. The van der Waals surface area contributed by atoms with Crippen molar-refractivity contribution >= 4 is 49.3 Å². The number of ether oxygens (including phenoxy) is 1. The quantitative estimate of drug-likeness (QED) is 0.386. The third kappa shape index (κ3) is 4.96. The molecule has 0 aliphatic carbocycles. The Morgan fingerprint density at radius 1 is 1.23 bits per heavy atom. The number of nitrogens with two attached hydrogens (primary N) is 1. The summed E-state index contributed by atoms with van der Waals surface area (Å²) in [6.07, 6.45) is -3.25. The largest absolute Gasteiger partial charge is 0.387 e. The fourth-order valence-electron chi connectivity index (χ4n) is 3.29. The summed E-state index contributed by atoms with van der Waals surface area (Å²) >= 11 is 7.27. The second kappa shape index (κ2) is 8.92. The van der Waals surface area contributed by atoms with Gasteiger partial charge in [0.2, 0.25) is 0 Å². The van der Waals surface area contributed by atoms with Gasteiger partial charge >= 0.3 is 10.3 Å². The maximum atomic E-state index is 11.0. The van der Waals surface area contributed by atoms with E-state index in [0.717, 1.165) is 10.3 Å². The molecule has 0 radical (unpaired) electrons. The highest BCUT2D eigenvalue weighted by Gasteiger charge is 2.45. The number of thiophene rings is 1. The Bertz CT molecular complexity index is 1170. The maximum Gasteiger partial charge on any atom is 0.333 e. The summed E-state index contributed by atoms with van der Waals surface area (Å²) in [4.78, 5) is 8.60.